The highest BCUT2D eigenvalue weighted by Crippen LogP contribution is 2.10. The number of ether oxygens (including phenoxy) is 1. The van der Waals surface area contributed by atoms with Gasteiger partial charge in [-0.25, -0.2) is 8.42 Å². The first-order valence-corrected chi connectivity index (χ1v) is 6.05. The average molecular weight is 249 g/mol. The minimum atomic E-state index is -3.61. The van der Waals surface area contributed by atoms with Crippen LogP contribution >= 0.6 is 0 Å². The second-order valence-corrected chi connectivity index (χ2v) is 5.33. The highest BCUT2D eigenvalue weighted by atomic mass is 32.2. The molecule has 0 amide bonds. The summed E-state index contributed by atoms with van der Waals surface area (Å²) in [4.78, 5) is 0. The minimum absolute atomic E-state index is 0.000355. The van der Waals surface area contributed by atoms with E-state index in [4.69, 9.17) is 4.74 Å². The van der Waals surface area contributed by atoms with Gasteiger partial charge in [0.2, 0.25) is 0 Å². The molecule has 0 aliphatic rings. The van der Waals surface area contributed by atoms with Gasteiger partial charge in [0.25, 0.3) is 10.0 Å². The van der Waals surface area contributed by atoms with Crippen molar-refractivity contribution in [1.29, 1.82) is 0 Å². The van der Waals surface area contributed by atoms with E-state index < -0.39 is 16.1 Å². The van der Waals surface area contributed by atoms with Crippen molar-refractivity contribution in [3.63, 3.8) is 0 Å². The molecule has 1 heterocycles. The van der Waals surface area contributed by atoms with Crippen molar-refractivity contribution in [2.75, 3.05) is 27.3 Å². The van der Waals surface area contributed by atoms with Gasteiger partial charge in [-0.3, -0.25) is 5.10 Å². The fourth-order valence-electron chi connectivity index (χ4n) is 1.19. The van der Waals surface area contributed by atoms with Gasteiger partial charge in [-0.2, -0.15) is 9.40 Å². The smallest absolute Gasteiger partial charge is 0.259 e. The molecule has 0 saturated heterocycles. The molecular formula is C8H15N3O4S. The molecule has 92 valence electrons. The van der Waals surface area contributed by atoms with Gasteiger partial charge >= 0.3 is 0 Å². The molecule has 0 fully saturated rings. The van der Waals surface area contributed by atoms with Crippen LogP contribution in [0.1, 0.15) is 0 Å². The molecular weight excluding hydrogens is 234 g/mol. The van der Waals surface area contributed by atoms with Crippen molar-refractivity contribution in [3.8, 4) is 0 Å². The number of hydrogen-bond acceptors (Lipinski definition) is 5. The number of nitrogens with zero attached hydrogens (tertiary/aromatic N) is 2. The van der Waals surface area contributed by atoms with Crippen LogP contribution in [0.2, 0.25) is 0 Å². The SMILES string of the molecule is COCC(O)CN(C)S(=O)(=O)c1ccn[nH]1. The Labute approximate surface area is 94.1 Å². The molecule has 0 bridgehead atoms. The summed E-state index contributed by atoms with van der Waals surface area (Å²) in [6.45, 7) is 0.0536. The Hall–Kier alpha value is -0.960. The molecule has 2 N–H and O–H groups in total. The molecule has 0 aliphatic carbocycles. The number of sulfonamides is 1. The topological polar surface area (TPSA) is 95.5 Å². The molecule has 0 saturated carbocycles. The summed E-state index contributed by atoms with van der Waals surface area (Å²) in [6.07, 6.45) is 0.499. The Morgan fingerprint density at radius 3 is 2.88 bits per heavy atom. The van der Waals surface area contributed by atoms with Gasteiger partial charge in [-0.15, -0.1) is 0 Å². The average Bonchev–Trinajstić information content (AvgIpc) is 2.70. The van der Waals surface area contributed by atoms with E-state index in [1.165, 1.54) is 26.4 Å². The van der Waals surface area contributed by atoms with Gasteiger partial charge in [0.05, 0.1) is 18.9 Å². The maximum atomic E-state index is 11.8. The molecule has 0 radical (unpaired) electrons. The first-order valence-electron chi connectivity index (χ1n) is 4.61. The van der Waals surface area contributed by atoms with Gasteiger partial charge in [0.1, 0.15) is 0 Å². The van der Waals surface area contributed by atoms with Gasteiger partial charge < -0.3 is 9.84 Å². The lowest BCUT2D eigenvalue weighted by molar-refractivity contribution is 0.0554. The normalized spacial score (nSPS) is 14.2. The molecule has 0 aliphatic heterocycles. The number of aromatic amines is 1. The molecule has 1 unspecified atom stereocenters. The van der Waals surface area contributed by atoms with Crippen molar-refractivity contribution in [1.82, 2.24) is 14.5 Å². The number of H-pyrrole nitrogens is 1. The van der Waals surface area contributed by atoms with Crippen LogP contribution in [-0.4, -0.2) is 61.4 Å². The summed E-state index contributed by atoms with van der Waals surface area (Å²) in [6, 6.07) is 1.36. The van der Waals surface area contributed by atoms with Crippen molar-refractivity contribution in [3.05, 3.63) is 12.3 Å². The van der Waals surface area contributed by atoms with Gasteiger partial charge in [0.15, 0.2) is 5.03 Å². The van der Waals surface area contributed by atoms with E-state index in [-0.39, 0.29) is 18.2 Å². The Morgan fingerprint density at radius 2 is 2.38 bits per heavy atom. The standard InChI is InChI=1S/C8H15N3O4S/c1-11(5-7(12)6-15-2)16(13,14)8-3-4-9-10-8/h3-4,7,12H,5-6H2,1-2H3,(H,9,10). The Morgan fingerprint density at radius 1 is 1.69 bits per heavy atom. The van der Waals surface area contributed by atoms with Crippen LogP contribution < -0.4 is 0 Å². The summed E-state index contributed by atoms with van der Waals surface area (Å²) in [5.74, 6) is 0. The highest BCUT2D eigenvalue weighted by molar-refractivity contribution is 7.89. The van der Waals surface area contributed by atoms with Gasteiger partial charge in [-0.05, 0) is 6.07 Å². The summed E-state index contributed by atoms with van der Waals surface area (Å²) < 4.78 is 29.4. The zero-order valence-electron chi connectivity index (χ0n) is 9.12. The first-order chi connectivity index (χ1) is 7.48. The molecule has 1 aromatic rings. The molecule has 1 rings (SSSR count). The van der Waals surface area contributed by atoms with Gasteiger partial charge in [-0.1, -0.05) is 0 Å². The quantitative estimate of drug-likeness (QED) is 0.677. The summed E-state index contributed by atoms with van der Waals surface area (Å²) >= 11 is 0. The lowest BCUT2D eigenvalue weighted by Crippen LogP contribution is -2.36. The maximum Gasteiger partial charge on any atom is 0.259 e. The van der Waals surface area contributed by atoms with Crippen LogP contribution in [-0.2, 0) is 14.8 Å². The predicted octanol–water partition coefficient (Wildman–Crippen LogP) is -0.962. The number of nitrogens with one attached hydrogen (secondary N) is 1. The summed E-state index contributed by atoms with van der Waals surface area (Å²) in [5, 5.41) is 15.4. The first kappa shape index (κ1) is 13.1. The largest absolute Gasteiger partial charge is 0.389 e. The van der Waals surface area contributed by atoms with Crippen LogP contribution in [0, 0.1) is 0 Å². The van der Waals surface area contributed by atoms with E-state index in [0.29, 0.717) is 0 Å². The molecule has 0 aromatic carbocycles. The third-order valence-corrected chi connectivity index (χ3v) is 3.74. The maximum absolute atomic E-state index is 11.8. The second-order valence-electron chi connectivity index (χ2n) is 3.32. The van der Waals surface area contributed by atoms with E-state index in [1.807, 2.05) is 0 Å². The van der Waals surface area contributed by atoms with Crippen molar-refractivity contribution in [2.45, 2.75) is 11.1 Å². The number of aliphatic hydroxyl groups excluding tert-OH is 1. The second kappa shape index (κ2) is 5.39. The predicted molar refractivity (Wildman–Crippen MR) is 56.3 cm³/mol. The molecule has 1 aromatic heterocycles. The van der Waals surface area contributed by atoms with Crippen molar-refractivity contribution >= 4 is 10.0 Å². The monoisotopic (exact) mass is 249 g/mol. The van der Waals surface area contributed by atoms with E-state index in [0.717, 1.165) is 4.31 Å². The number of aromatic nitrogens is 2. The fraction of sp³-hybridized carbons (Fsp3) is 0.625. The Kier molecular flexibility index (Phi) is 4.42. The minimum Gasteiger partial charge on any atom is -0.389 e. The van der Waals surface area contributed by atoms with Crippen LogP contribution in [0.4, 0.5) is 0 Å². The number of methoxy groups -OCH3 is 1. The highest BCUT2D eigenvalue weighted by Gasteiger charge is 2.23. The fourth-order valence-corrected chi connectivity index (χ4v) is 2.30. The summed E-state index contributed by atoms with van der Waals surface area (Å²) in [5.41, 5.74) is 0. The molecule has 16 heavy (non-hydrogen) atoms. The van der Waals surface area contributed by atoms with Crippen LogP contribution in [0.25, 0.3) is 0 Å². The zero-order valence-corrected chi connectivity index (χ0v) is 9.94. The third-order valence-electron chi connectivity index (χ3n) is 1.99. The van der Waals surface area contributed by atoms with Crippen molar-refractivity contribution in [2.24, 2.45) is 0 Å². The number of likely N-dealkylation sites (N-methyl/N-ethyl adjacent to an activating group) is 1. The summed E-state index contributed by atoms with van der Waals surface area (Å²) in [7, 11) is -0.788. The Bertz CT molecular complexity index is 403. The van der Waals surface area contributed by atoms with E-state index in [9.17, 15) is 13.5 Å². The molecule has 8 heteroatoms. The number of hydrogen-bond donors (Lipinski definition) is 2. The van der Waals surface area contributed by atoms with Gasteiger partial charge in [0, 0.05) is 20.7 Å². The lowest BCUT2D eigenvalue weighted by Gasteiger charge is -2.19. The van der Waals surface area contributed by atoms with Crippen molar-refractivity contribution < 1.29 is 18.3 Å². The Balaban J connectivity index is 2.70. The third kappa shape index (κ3) is 3.01. The number of rotatable bonds is 6. The number of aliphatic hydroxyl groups is 1. The van der Waals surface area contributed by atoms with E-state index >= 15 is 0 Å². The van der Waals surface area contributed by atoms with E-state index in [2.05, 4.69) is 10.2 Å². The lowest BCUT2D eigenvalue weighted by atomic mass is 10.4. The molecule has 7 nitrogen and oxygen atoms in total. The van der Waals surface area contributed by atoms with Crippen LogP contribution in [0.15, 0.2) is 17.3 Å². The van der Waals surface area contributed by atoms with Crippen LogP contribution in [0.5, 0.6) is 0 Å². The molecule has 1 atom stereocenters. The van der Waals surface area contributed by atoms with E-state index in [1.54, 1.807) is 0 Å². The van der Waals surface area contributed by atoms with Crippen LogP contribution in [0.3, 0.4) is 0 Å². The molecule has 0 spiro atoms. The zero-order chi connectivity index (χ0) is 12.2.